The third kappa shape index (κ3) is 3.50. The van der Waals surface area contributed by atoms with Crippen LogP contribution in [0.1, 0.15) is 31.2 Å². The summed E-state index contributed by atoms with van der Waals surface area (Å²) in [6, 6.07) is 4.77. The second-order valence-corrected chi connectivity index (χ2v) is 5.92. The maximum atomic E-state index is 13.3. The highest BCUT2D eigenvalue weighted by atomic mass is 79.9. The molecule has 1 aromatic carbocycles. The molecule has 0 fully saturated rings. The Kier molecular flexibility index (Phi) is 4.77. The van der Waals surface area contributed by atoms with E-state index < -0.39 is 0 Å². The average Bonchev–Trinajstić information content (AvgIpc) is 2.44. The van der Waals surface area contributed by atoms with Crippen molar-refractivity contribution in [3.63, 3.8) is 0 Å². The fourth-order valence-electron chi connectivity index (χ4n) is 1.87. The van der Waals surface area contributed by atoms with E-state index in [1.165, 1.54) is 6.07 Å². The molecule has 0 unspecified atom stereocenters. The van der Waals surface area contributed by atoms with Gasteiger partial charge < -0.3 is 10.6 Å². The zero-order chi connectivity index (χ0) is 15.6. The second-order valence-electron chi connectivity index (χ2n) is 5.06. The van der Waals surface area contributed by atoms with Crippen LogP contribution >= 0.6 is 15.9 Å². The maximum absolute atomic E-state index is 13.3. The van der Waals surface area contributed by atoms with Gasteiger partial charge in [0.25, 0.3) is 0 Å². The van der Waals surface area contributed by atoms with Crippen molar-refractivity contribution in [1.29, 1.82) is 0 Å². The van der Waals surface area contributed by atoms with Crippen molar-refractivity contribution in [2.24, 2.45) is 0 Å². The normalized spacial score (nSPS) is 10.8. The Morgan fingerprint density at radius 1 is 1.19 bits per heavy atom. The summed E-state index contributed by atoms with van der Waals surface area (Å²) in [5.41, 5.74) is 1.68. The first-order valence-corrected chi connectivity index (χ1v) is 7.50. The van der Waals surface area contributed by atoms with Crippen LogP contribution in [0.25, 0.3) is 0 Å². The van der Waals surface area contributed by atoms with Crippen LogP contribution in [-0.4, -0.2) is 17.0 Å². The molecule has 0 aliphatic carbocycles. The van der Waals surface area contributed by atoms with Gasteiger partial charge in [0.15, 0.2) is 0 Å². The molecule has 2 rings (SSSR count). The van der Waals surface area contributed by atoms with Gasteiger partial charge in [-0.15, -0.1) is 0 Å². The lowest BCUT2D eigenvalue weighted by molar-refractivity contribution is 0.621. The van der Waals surface area contributed by atoms with Gasteiger partial charge in [0.1, 0.15) is 23.3 Å². The Balaban J connectivity index is 2.42. The second kappa shape index (κ2) is 6.39. The first-order chi connectivity index (χ1) is 9.92. The number of halogens is 2. The molecule has 4 nitrogen and oxygen atoms in total. The van der Waals surface area contributed by atoms with Gasteiger partial charge in [-0.05, 0) is 41.1 Å². The maximum Gasteiger partial charge on any atom is 0.139 e. The molecule has 0 bridgehead atoms. The zero-order valence-corrected chi connectivity index (χ0v) is 14.0. The molecule has 0 atom stereocenters. The molecule has 6 heteroatoms. The van der Waals surface area contributed by atoms with Crippen LogP contribution in [0, 0.1) is 12.7 Å². The summed E-state index contributed by atoms with van der Waals surface area (Å²) in [7, 11) is 1.83. The van der Waals surface area contributed by atoms with E-state index in [1.54, 1.807) is 12.1 Å². The number of hydrogen-bond acceptors (Lipinski definition) is 4. The Bertz CT molecular complexity index is 658. The quantitative estimate of drug-likeness (QED) is 0.844. The lowest BCUT2D eigenvalue weighted by Crippen LogP contribution is -2.08. The van der Waals surface area contributed by atoms with Crippen LogP contribution in [0.5, 0.6) is 0 Å². The van der Waals surface area contributed by atoms with Gasteiger partial charge in [0, 0.05) is 24.2 Å². The Morgan fingerprint density at radius 3 is 2.43 bits per heavy atom. The molecule has 0 saturated carbocycles. The summed E-state index contributed by atoms with van der Waals surface area (Å²) < 4.78 is 13.7. The highest BCUT2D eigenvalue weighted by Crippen LogP contribution is 2.27. The highest BCUT2D eigenvalue weighted by molar-refractivity contribution is 9.10. The molecule has 1 aromatic heterocycles. The van der Waals surface area contributed by atoms with Crippen LogP contribution in [-0.2, 0) is 0 Å². The Hall–Kier alpha value is -1.69. The molecule has 21 heavy (non-hydrogen) atoms. The molecular formula is C15H18BrFN4. The summed E-state index contributed by atoms with van der Waals surface area (Å²) in [6.07, 6.45) is 0. The highest BCUT2D eigenvalue weighted by Gasteiger charge is 2.13. The first kappa shape index (κ1) is 15.7. The molecule has 0 aliphatic heterocycles. The number of aromatic nitrogens is 2. The summed E-state index contributed by atoms with van der Waals surface area (Å²) >= 11 is 3.18. The molecule has 0 saturated heterocycles. The van der Waals surface area contributed by atoms with Crippen molar-refractivity contribution >= 4 is 33.3 Å². The predicted octanol–water partition coefficient (Wildman–Crippen LogP) is 4.60. The van der Waals surface area contributed by atoms with Crippen molar-refractivity contribution in [2.75, 3.05) is 17.7 Å². The van der Waals surface area contributed by atoms with E-state index in [0.717, 1.165) is 28.7 Å². The van der Waals surface area contributed by atoms with Crippen LogP contribution in [0.15, 0.2) is 22.7 Å². The molecule has 2 aromatic rings. The molecule has 2 N–H and O–H groups in total. The summed E-state index contributed by atoms with van der Waals surface area (Å²) in [6.45, 7) is 6.03. The van der Waals surface area contributed by atoms with Crippen LogP contribution in [0.4, 0.5) is 21.7 Å². The smallest absolute Gasteiger partial charge is 0.139 e. The number of hydrogen-bond donors (Lipinski definition) is 2. The average molecular weight is 353 g/mol. The van der Waals surface area contributed by atoms with Gasteiger partial charge in [-0.2, -0.15) is 0 Å². The van der Waals surface area contributed by atoms with E-state index in [-0.39, 0.29) is 11.7 Å². The van der Waals surface area contributed by atoms with Gasteiger partial charge in [0.2, 0.25) is 0 Å². The number of nitrogens with one attached hydrogen (secondary N) is 2. The third-order valence-corrected chi connectivity index (χ3v) is 3.71. The van der Waals surface area contributed by atoms with Crippen molar-refractivity contribution < 1.29 is 4.39 Å². The molecule has 0 amide bonds. The fraction of sp³-hybridized carbons (Fsp3) is 0.333. The minimum absolute atomic E-state index is 0.221. The standard InChI is InChI=1S/C15H18BrFN4/c1-8(2)13-20-14(18-4)9(3)15(21-13)19-10-5-6-12(17)11(16)7-10/h5-8H,1-4H3,(H2,18,19,20,21). The summed E-state index contributed by atoms with van der Waals surface area (Å²) in [4.78, 5) is 9.05. The van der Waals surface area contributed by atoms with E-state index in [2.05, 4.69) is 36.5 Å². The minimum atomic E-state index is -0.293. The Labute approximate surface area is 132 Å². The number of nitrogens with zero attached hydrogens (tertiary/aromatic N) is 2. The van der Waals surface area contributed by atoms with Crippen molar-refractivity contribution in [2.45, 2.75) is 26.7 Å². The molecule has 112 valence electrons. The van der Waals surface area contributed by atoms with Crippen molar-refractivity contribution in [1.82, 2.24) is 9.97 Å². The van der Waals surface area contributed by atoms with E-state index in [9.17, 15) is 4.39 Å². The predicted molar refractivity (Wildman–Crippen MR) is 87.8 cm³/mol. The summed E-state index contributed by atoms with van der Waals surface area (Å²) in [5.74, 6) is 2.19. The minimum Gasteiger partial charge on any atom is -0.373 e. The molecule has 1 heterocycles. The van der Waals surface area contributed by atoms with Gasteiger partial charge in [-0.1, -0.05) is 13.8 Å². The SMILES string of the molecule is CNc1nc(C(C)C)nc(Nc2ccc(F)c(Br)c2)c1C. The number of benzene rings is 1. The van der Waals surface area contributed by atoms with Gasteiger partial charge >= 0.3 is 0 Å². The third-order valence-electron chi connectivity index (χ3n) is 3.10. The topological polar surface area (TPSA) is 49.8 Å². The fourth-order valence-corrected chi connectivity index (χ4v) is 2.25. The number of rotatable bonds is 4. The molecular weight excluding hydrogens is 335 g/mol. The van der Waals surface area contributed by atoms with Crippen molar-refractivity contribution in [3.8, 4) is 0 Å². The van der Waals surface area contributed by atoms with Crippen LogP contribution in [0.3, 0.4) is 0 Å². The molecule has 0 spiro atoms. The monoisotopic (exact) mass is 352 g/mol. The van der Waals surface area contributed by atoms with Crippen LogP contribution < -0.4 is 10.6 Å². The lowest BCUT2D eigenvalue weighted by atomic mass is 10.2. The molecule has 0 radical (unpaired) electrons. The van der Waals surface area contributed by atoms with E-state index in [0.29, 0.717) is 4.47 Å². The van der Waals surface area contributed by atoms with Gasteiger partial charge in [-0.25, -0.2) is 14.4 Å². The van der Waals surface area contributed by atoms with E-state index in [4.69, 9.17) is 0 Å². The van der Waals surface area contributed by atoms with E-state index >= 15 is 0 Å². The van der Waals surface area contributed by atoms with Gasteiger partial charge in [0.05, 0.1) is 4.47 Å². The Morgan fingerprint density at radius 2 is 1.86 bits per heavy atom. The zero-order valence-electron chi connectivity index (χ0n) is 12.5. The van der Waals surface area contributed by atoms with Crippen molar-refractivity contribution in [3.05, 3.63) is 39.9 Å². The molecule has 0 aliphatic rings. The largest absolute Gasteiger partial charge is 0.373 e. The van der Waals surface area contributed by atoms with E-state index in [1.807, 2.05) is 27.8 Å². The van der Waals surface area contributed by atoms with Gasteiger partial charge in [-0.3, -0.25) is 0 Å². The lowest BCUT2D eigenvalue weighted by Gasteiger charge is -2.15. The summed E-state index contributed by atoms with van der Waals surface area (Å²) in [5, 5.41) is 6.30. The van der Waals surface area contributed by atoms with Crippen LogP contribution in [0.2, 0.25) is 0 Å². The first-order valence-electron chi connectivity index (χ1n) is 6.70. The number of anilines is 3.